The van der Waals surface area contributed by atoms with Gasteiger partial charge in [0.15, 0.2) is 6.61 Å². The average Bonchev–Trinajstić information content (AvgIpc) is 3.30. The summed E-state index contributed by atoms with van der Waals surface area (Å²) in [7, 11) is 1.59. The number of aromatic nitrogens is 2. The molecule has 0 aliphatic carbocycles. The molecule has 0 N–H and O–H groups in total. The van der Waals surface area contributed by atoms with Crippen LogP contribution in [-0.2, 0) is 22.6 Å². The predicted molar refractivity (Wildman–Crippen MR) is 88.7 cm³/mol. The van der Waals surface area contributed by atoms with E-state index < -0.39 is 0 Å². The van der Waals surface area contributed by atoms with Crippen LogP contribution in [0.2, 0.25) is 0 Å². The van der Waals surface area contributed by atoms with Crippen molar-refractivity contribution in [1.29, 1.82) is 0 Å². The van der Waals surface area contributed by atoms with Crippen molar-refractivity contribution in [3.63, 3.8) is 0 Å². The highest BCUT2D eigenvalue weighted by Gasteiger charge is 2.12. The van der Waals surface area contributed by atoms with Crippen LogP contribution in [0.25, 0.3) is 11.4 Å². The second-order valence-corrected chi connectivity index (χ2v) is 6.02. The molecule has 0 atom stereocenters. The largest absolute Gasteiger partial charge is 0.497 e. The fraction of sp³-hybridized carbons (Fsp3) is 0.235. The number of nitrogens with zero attached hydrogens (tertiary/aromatic N) is 2. The number of ether oxygens (including phenoxy) is 2. The standard InChI is InChI=1S/C17H16N2O4S/c1-21-13-5-2-4-12(10-13)17-18-15(23-19-17)11-22-16(20)8-7-14-6-3-9-24-14/h2-6,9-10H,7-8,11H2,1H3. The lowest BCUT2D eigenvalue weighted by Crippen LogP contribution is -2.05. The highest BCUT2D eigenvalue weighted by atomic mass is 32.1. The zero-order valence-corrected chi connectivity index (χ0v) is 13.9. The maximum Gasteiger partial charge on any atom is 0.306 e. The number of rotatable bonds is 7. The fourth-order valence-corrected chi connectivity index (χ4v) is 2.80. The second kappa shape index (κ2) is 7.74. The van der Waals surface area contributed by atoms with Gasteiger partial charge in [-0.1, -0.05) is 23.4 Å². The smallest absolute Gasteiger partial charge is 0.306 e. The first kappa shape index (κ1) is 16.2. The van der Waals surface area contributed by atoms with Crippen LogP contribution in [0.3, 0.4) is 0 Å². The molecule has 2 heterocycles. The zero-order chi connectivity index (χ0) is 16.8. The predicted octanol–water partition coefficient (Wildman–Crippen LogP) is 3.48. The highest BCUT2D eigenvalue weighted by Crippen LogP contribution is 2.21. The molecule has 0 amide bonds. The average molecular weight is 344 g/mol. The van der Waals surface area contributed by atoms with Crippen LogP contribution in [0, 0.1) is 0 Å². The molecular weight excluding hydrogens is 328 g/mol. The van der Waals surface area contributed by atoms with Gasteiger partial charge in [0.2, 0.25) is 5.82 Å². The van der Waals surface area contributed by atoms with Crippen LogP contribution in [-0.4, -0.2) is 23.2 Å². The molecule has 7 heteroatoms. The second-order valence-electron chi connectivity index (χ2n) is 4.98. The van der Waals surface area contributed by atoms with Gasteiger partial charge in [-0.25, -0.2) is 0 Å². The van der Waals surface area contributed by atoms with Gasteiger partial charge in [-0.15, -0.1) is 11.3 Å². The molecule has 24 heavy (non-hydrogen) atoms. The SMILES string of the molecule is COc1cccc(-c2noc(COC(=O)CCc3cccs3)n2)c1. The van der Waals surface area contributed by atoms with Crippen molar-refractivity contribution in [2.75, 3.05) is 7.11 Å². The number of methoxy groups -OCH3 is 1. The fourth-order valence-electron chi connectivity index (χ4n) is 2.09. The lowest BCUT2D eigenvalue weighted by molar-refractivity contribution is -0.145. The Kier molecular flexibility index (Phi) is 5.22. The van der Waals surface area contributed by atoms with E-state index in [-0.39, 0.29) is 18.5 Å². The first-order valence-electron chi connectivity index (χ1n) is 7.39. The summed E-state index contributed by atoms with van der Waals surface area (Å²) in [5.74, 6) is 1.11. The molecule has 0 saturated heterocycles. The molecule has 0 fully saturated rings. The molecular formula is C17H16N2O4S. The molecule has 0 aliphatic heterocycles. The Morgan fingerprint density at radius 3 is 3.00 bits per heavy atom. The summed E-state index contributed by atoms with van der Waals surface area (Å²) < 4.78 is 15.4. The molecule has 0 spiro atoms. The third-order valence-electron chi connectivity index (χ3n) is 3.31. The van der Waals surface area contributed by atoms with E-state index in [1.165, 1.54) is 0 Å². The van der Waals surface area contributed by atoms with Gasteiger partial charge in [0.1, 0.15) is 5.75 Å². The van der Waals surface area contributed by atoms with Crippen molar-refractivity contribution >= 4 is 17.3 Å². The van der Waals surface area contributed by atoms with E-state index in [1.54, 1.807) is 18.4 Å². The molecule has 124 valence electrons. The van der Waals surface area contributed by atoms with Crippen LogP contribution >= 0.6 is 11.3 Å². The maximum absolute atomic E-state index is 11.7. The Bertz CT molecular complexity index is 799. The maximum atomic E-state index is 11.7. The van der Waals surface area contributed by atoms with Crippen molar-refractivity contribution in [1.82, 2.24) is 10.1 Å². The van der Waals surface area contributed by atoms with Crippen molar-refractivity contribution in [3.8, 4) is 17.1 Å². The minimum Gasteiger partial charge on any atom is -0.497 e. The summed E-state index contributed by atoms with van der Waals surface area (Å²) in [5, 5.41) is 5.88. The van der Waals surface area contributed by atoms with E-state index >= 15 is 0 Å². The number of benzene rings is 1. The summed E-state index contributed by atoms with van der Waals surface area (Å²) in [6.45, 7) is -0.0275. The van der Waals surface area contributed by atoms with Crippen LogP contribution in [0.5, 0.6) is 5.75 Å². The summed E-state index contributed by atoms with van der Waals surface area (Å²) in [5.41, 5.74) is 0.772. The van der Waals surface area contributed by atoms with Crippen molar-refractivity contribution in [3.05, 3.63) is 52.5 Å². The van der Waals surface area contributed by atoms with E-state index in [1.807, 2.05) is 41.8 Å². The quantitative estimate of drug-likeness (QED) is 0.611. The molecule has 0 radical (unpaired) electrons. The van der Waals surface area contributed by atoms with Gasteiger partial charge in [0.25, 0.3) is 5.89 Å². The Hall–Kier alpha value is -2.67. The topological polar surface area (TPSA) is 74.5 Å². The van der Waals surface area contributed by atoms with Crippen LogP contribution < -0.4 is 4.74 Å². The normalized spacial score (nSPS) is 10.5. The molecule has 3 aromatic rings. The van der Waals surface area contributed by atoms with Gasteiger partial charge in [-0.3, -0.25) is 4.79 Å². The van der Waals surface area contributed by atoms with E-state index in [0.717, 1.165) is 10.4 Å². The van der Waals surface area contributed by atoms with Gasteiger partial charge in [-0.2, -0.15) is 4.98 Å². The number of thiophene rings is 1. The zero-order valence-electron chi connectivity index (χ0n) is 13.1. The minimum atomic E-state index is -0.287. The molecule has 0 unspecified atom stereocenters. The van der Waals surface area contributed by atoms with Gasteiger partial charge in [0, 0.05) is 10.4 Å². The molecule has 1 aromatic carbocycles. The van der Waals surface area contributed by atoms with Gasteiger partial charge < -0.3 is 14.0 Å². The molecule has 6 nitrogen and oxygen atoms in total. The number of carbonyl (C=O) groups excluding carboxylic acids is 1. The Morgan fingerprint density at radius 1 is 1.29 bits per heavy atom. The first-order valence-corrected chi connectivity index (χ1v) is 8.27. The lowest BCUT2D eigenvalue weighted by atomic mass is 10.2. The molecule has 3 rings (SSSR count). The minimum absolute atomic E-state index is 0.0275. The van der Waals surface area contributed by atoms with Crippen molar-refractivity contribution in [2.45, 2.75) is 19.4 Å². The monoisotopic (exact) mass is 344 g/mol. The van der Waals surface area contributed by atoms with Crippen LogP contribution in [0.1, 0.15) is 17.2 Å². The van der Waals surface area contributed by atoms with Gasteiger partial charge in [-0.05, 0) is 30.0 Å². The summed E-state index contributed by atoms with van der Waals surface area (Å²) in [6.07, 6.45) is 1.01. The summed E-state index contributed by atoms with van der Waals surface area (Å²) >= 11 is 1.62. The van der Waals surface area contributed by atoms with Crippen LogP contribution in [0.15, 0.2) is 46.3 Å². The number of hydrogen-bond donors (Lipinski definition) is 0. The number of aryl methyl sites for hydroxylation is 1. The van der Waals surface area contributed by atoms with Crippen molar-refractivity contribution in [2.24, 2.45) is 0 Å². The molecule has 0 bridgehead atoms. The Labute approximate surface area is 143 Å². The van der Waals surface area contributed by atoms with Crippen molar-refractivity contribution < 1.29 is 18.8 Å². The third kappa shape index (κ3) is 4.20. The van der Waals surface area contributed by atoms with Crippen LogP contribution in [0.4, 0.5) is 0 Å². The Balaban J connectivity index is 1.53. The molecule has 0 saturated carbocycles. The molecule has 0 aliphatic rings. The summed E-state index contributed by atoms with van der Waals surface area (Å²) in [6, 6.07) is 11.3. The third-order valence-corrected chi connectivity index (χ3v) is 4.24. The molecule has 2 aromatic heterocycles. The van der Waals surface area contributed by atoms with Gasteiger partial charge in [0.05, 0.1) is 13.5 Å². The highest BCUT2D eigenvalue weighted by molar-refractivity contribution is 7.09. The van der Waals surface area contributed by atoms with E-state index in [4.69, 9.17) is 14.0 Å². The van der Waals surface area contributed by atoms with E-state index in [9.17, 15) is 4.79 Å². The Morgan fingerprint density at radius 2 is 2.21 bits per heavy atom. The van der Waals surface area contributed by atoms with Gasteiger partial charge >= 0.3 is 5.97 Å². The lowest BCUT2D eigenvalue weighted by Gasteiger charge is -2.01. The number of esters is 1. The summed E-state index contributed by atoms with van der Waals surface area (Å²) in [4.78, 5) is 17.1. The first-order chi connectivity index (χ1) is 11.7. The van der Waals surface area contributed by atoms with E-state index in [2.05, 4.69) is 10.1 Å². The van der Waals surface area contributed by atoms with E-state index in [0.29, 0.717) is 24.4 Å². The number of hydrogen-bond acceptors (Lipinski definition) is 7. The number of carbonyl (C=O) groups is 1.